The topological polar surface area (TPSA) is 26.8 Å². The summed E-state index contributed by atoms with van der Waals surface area (Å²) in [7, 11) is 0. The predicted octanol–water partition coefficient (Wildman–Crippen LogP) is 4.06. The molecule has 0 aliphatic carbocycles. The summed E-state index contributed by atoms with van der Waals surface area (Å²) >= 11 is 0. The molecule has 0 N–H and O–H groups in total. The van der Waals surface area contributed by atoms with Crippen LogP contribution in [0.5, 0.6) is 0 Å². The van der Waals surface area contributed by atoms with Crippen LogP contribution in [-0.4, -0.2) is 66.4 Å². The Morgan fingerprint density at radius 1 is 0.903 bits per heavy atom. The van der Waals surface area contributed by atoms with Gasteiger partial charge in [-0.05, 0) is 44.0 Å². The number of likely N-dealkylation sites (tertiary alicyclic amines) is 1. The molecule has 0 saturated carbocycles. The molecule has 0 bridgehead atoms. The summed E-state index contributed by atoms with van der Waals surface area (Å²) in [6.45, 7) is 9.81. The number of carbonyl (C=O) groups excluding carboxylic acids is 1. The van der Waals surface area contributed by atoms with E-state index < -0.39 is 0 Å². The third kappa shape index (κ3) is 6.28. The fraction of sp³-hybridized carbons (Fsp3) is 0.444. The van der Waals surface area contributed by atoms with E-state index in [1.165, 1.54) is 16.7 Å². The van der Waals surface area contributed by atoms with Gasteiger partial charge in [0, 0.05) is 45.2 Å². The Hall–Kier alpha value is -2.43. The number of carbonyl (C=O) groups is 1. The highest BCUT2D eigenvalue weighted by Gasteiger charge is 2.30. The molecule has 2 aliphatic heterocycles. The number of piperazine rings is 1. The van der Waals surface area contributed by atoms with Crippen LogP contribution in [0.1, 0.15) is 29.5 Å². The van der Waals surface area contributed by atoms with Crippen molar-refractivity contribution in [2.45, 2.75) is 26.3 Å². The van der Waals surface area contributed by atoms with Crippen LogP contribution >= 0.6 is 0 Å². The summed E-state index contributed by atoms with van der Waals surface area (Å²) in [6, 6.07) is 19.2. The van der Waals surface area contributed by atoms with E-state index in [0.717, 1.165) is 65.2 Å². The van der Waals surface area contributed by atoms with Crippen LogP contribution in [0, 0.1) is 12.8 Å². The lowest BCUT2D eigenvalue weighted by Crippen LogP contribution is -2.51. The van der Waals surface area contributed by atoms with Gasteiger partial charge in [0.25, 0.3) is 0 Å². The van der Waals surface area contributed by atoms with Gasteiger partial charge in [-0.3, -0.25) is 14.6 Å². The third-order valence-corrected chi connectivity index (χ3v) is 6.58. The first kappa shape index (κ1) is 21.8. The Morgan fingerprint density at radius 3 is 2.35 bits per heavy atom. The number of nitrogens with zero attached hydrogens (tertiary/aromatic N) is 3. The standard InChI is InChI=1S/C27H35N3O/c1-23-7-5-10-25(21-23)22-29-15-12-26(13-16-29)27(31)30-19-17-28(18-20-30)14-6-11-24-8-3-2-4-9-24/h2-11,21,26H,12-20,22H2,1H3. The highest BCUT2D eigenvalue weighted by Crippen LogP contribution is 2.22. The molecule has 164 valence electrons. The van der Waals surface area contributed by atoms with Crippen LogP contribution < -0.4 is 0 Å². The molecule has 2 aliphatic rings. The average molecular weight is 418 g/mol. The van der Waals surface area contributed by atoms with Crippen molar-refractivity contribution in [3.8, 4) is 0 Å². The van der Waals surface area contributed by atoms with Crippen molar-refractivity contribution in [1.29, 1.82) is 0 Å². The van der Waals surface area contributed by atoms with Crippen molar-refractivity contribution >= 4 is 12.0 Å². The van der Waals surface area contributed by atoms with Gasteiger partial charge in [0.2, 0.25) is 5.91 Å². The van der Waals surface area contributed by atoms with Gasteiger partial charge in [-0.2, -0.15) is 0 Å². The first-order valence-corrected chi connectivity index (χ1v) is 11.7. The van der Waals surface area contributed by atoms with Crippen molar-refractivity contribution in [1.82, 2.24) is 14.7 Å². The summed E-state index contributed by atoms with van der Waals surface area (Å²) in [6.07, 6.45) is 6.40. The fourth-order valence-corrected chi connectivity index (χ4v) is 4.72. The monoisotopic (exact) mass is 417 g/mol. The number of piperidine rings is 1. The lowest BCUT2D eigenvalue weighted by atomic mass is 9.94. The molecule has 2 aromatic carbocycles. The van der Waals surface area contributed by atoms with E-state index in [-0.39, 0.29) is 5.92 Å². The number of hydrogen-bond donors (Lipinski definition) is 0. The van der Waals surface area contributed by atoms with E-state index in [0.29, 0.717) is 5.91 Å². The smallest absolute Gasteiger partial charge is 0.225 e. The maximum Gasteiger partial charge on any atom is 0.225 e. The highest BCUT2D eigenvalue weighted by atomic mass is 16.2. The summed E-state index contributed by atoms with van der Waals surface area (Å²) in [5.41, 5.74) is 3.93. The van der Waals surface area contributed by atoms with Crippen LogP contribution in [0.3, 0.4) is 0 Å². The molecule has 0 radical (unpaired) electrons. The third-order valence-electron chi connectivity index (χ3n) is 6.58. The first-order valence-electron chi connectivity index (χ1n) is 11.7. The molecule has 1 amide bonds. The zero-order chi connectivity index (χ0) is 21.5. The van der Waals surface area contributed by atoms with Gasteiger partial charge >= 0.3 is 0 Å². The van der Waals surface area contributed by atoms with Crippen LogP contribution in [0.4, 0.5) is 0 Å². The zero-order valence-corrected chi connectivity index (χ0v) is 18.7. The molecule has 0 spiro atoms. The summed E-state index contributed by atoms with van der Waals surface area (Å²) < 4.78 is 0. The van der Waals surface area contributed by atoms with Crippen molar-refractivity contribution in [3.63, 3.8) is 0 Å². The summed E-state index contributed by atoms with van der Waals surface area (Å²) in [5.74, 6) is 0.591. The van der Waals surface area contributed by atoms with E-state index in [9.17, 15) is 4.79 Å². The normalized spacial score (nSPS) is 19.2. The Kier molecular flexibility index (Phi) is 7.55. The maximum atomic E-state index is 13.0. The van der Waals surface area contributed by atoms with Crippen LogP contribution in [0.15, 0.2) is 60.7 Å². The number of benzene rings is 2. The van der Waals surface area contributed by atoms with Crippen molar-refractivity contribution in [2.75, 3.05) is 45.8 Å². The highest BCUT2D eigenvalue weighted by molar-refractivity contribution is 5.79. The molecule has 4 rings (SSSR count). The van der Waals surface area contributed by atoms with Crippen molar-refractivity contribution in [3.05, 3.63) is 77.4 Å². The lowest BCUT2D eigenvalue weighted by Gasteiger charge is -2.38. The van der Waals surface area contributed by atoms with Crippen LogP contribution in [0.2, 0.25) is 0 Å². The quantitative estimate of drug-likeness (QED) is 0.709. The molecule has 0 atom stereocenters. The molecule has 2 saturated heterocycles. The van der Waals surface area contributed by atoms with E-state index in [1.54, 1.807) is 0 Å². The molecule has 2 fully saturated rings. The van der Waals surface area contributed by atoms with Crippen molar-refractivity contribution < 1.29 is 4.79 Å². The van der Waals surface area contributed by atoms with Crippen LogP contribution in [0.25, 0.3) is 6.08 Å². The van der Waals surface area contributed by atoms with E-state index >= 15 is 0 Å². The summed E-state index contributed by atoms with van der Waals surface area (Å²) in [5, 5.41) is 0. The molecule has 4 heteroatoms. The average Bonchev–Trinajstić information content (AvgIpc) is 2.80. The maximum absolute atomic E-state index is 13.0. The minimum absolute atomic E-state index is 0.207. The molecular formula is C27H35N3O. The molecule has 0 unspecified atom stereocenters. The van der Waals surface area contributed by atoms with Gasteiger partial charge in [0.1, 0.15) is 0 Å². The van der Waals surface area contributed by atoms with Crippen LogP contribution in [-0.2, 0) is 11.3 Å². The number of hydrogen-bond acceptors (Lipinski definition) is 3. The Morgan fingerprint density at radius 2 is 1.65 bits per heavy atom. The Bertz CT molecular complexity index is 863. The second kappa shape index (κ2) is 10.7. The molecular weight excluding hydrogens is 382 g/mol. The van der Waals surface area contributed by atoms with Gasteiger partial charge in [0.15, 0.2) is 0 Å². The molecule has 0 aromatic heterocycles. The number of rotatable bonds is 6. The molecule has 4 nitrogen and oxygen atoms in total. The molecule has 2 heterocycles. The van der Waals surface area contributed by atoms with Crippen molar-refractivity contribution in [2.24, 2.45) is 5.92 Å². The van der Waals surface area contributed by atoms with Gasteiger partial charge in [-0.25, -0.2) is 0 Å². The lowest BCUT2D eigenvalue weighted by molar-refractivity contribution is -0.138. The van der Waals surface area contributed by atoms with Gasteiger partial charge in [-0.15, -0.1) is 0 Å². The van der Waals surface area contributed by atoms with E-state index in [1.807, 2.05) is 6.07 Å². The van der Waals surface area contributed by atoms with E-state index in [4.69, 9.17) is 0 Å². The second-order valence-electron chi connectivity index (χ2n) is 8.98. The van der Waals surface area contributed by atoms with E-state index in [2.05, 4.69) is 82.3 Å². The molecule has 31 heavy (non-hydrogen) atoms. The molecule has 2 aromatic rings. The number of aryl methyl sites for hydroxylation is 1. The zero-order valence-electron chi connectivity index (χ0n) is 18.7. The minimum atomic E-state index is 0.207. The first-order chi connectivity index (χ1) is 15.2. The second-order valence-corrected chi connectivity index (χ2v) is 8.98. The SMILES string of the molecule is Cc1cccc(CN2CCC(C(=O)N3CCN(CC=Cc4ccccc4)CC3)CC2)c1. The Balaban J connectivity index is 1.17. The largest absolute Gasteiger partial charge is 0.340 e. The van der Waals surface area contributed by atoms with Gasteiger partial charge in [0.05, 0.1) is 0 Å². The Labute approximate surface area is 187 Å². The fourth-order valence-electron chi connectivity index (χ4n) is 4.72. The number of amides is 1. The predicted molar refractivity (Wildman–Crippen MR) is 128 cm³/mol. The minimum Gasteiger partial charge on any atom is -0.340 e. The summed E-state index contributed by atoms with van der Waals surface area (Å²) in [4.78, 5) is 20.1. The van der Waals surface area contributed by atoms with Gasteiger partial charge in [-0.1, -0.05) is 72.3 Å². The van der Waals surface area contributed by atoms with Gasteiger partial charge < -0.3 is 4.90 Å².